The molecule has 0 bridgehead atoms. The summed E-state index contributed by atoms with van der Waals surface area (Å²) in [6.07, 6.45) is 4.45. The summed E-state index contributed by atoms with van der Waals surface area (Å²) >= 11 is 0. The lowest BCUT2D eigenvalue weighted by Gasteiger charge is -2.44. The standard InChI is InChI=1S/C21H25FN2O3/c1-21(2,26)14-9-16(10-14)24-20(25)13-7-17(8-13)27-18-11-15(22)6-12-4-3-5-23-19(12)18/h3-6,11,13-14,16-17,26H,7-10H2,1-2H3,(H,24,25)/t13-,14-,16-,17-. The Bertz CT molecular complexity index is 852. The van der Waals surface area contributed by atoms with Crippen LogP contribution < -0.4 is 10.1 Å². The Morgan fingerprint density at radius 1 is 1.30 bits per heavy atom. The fraction of sp³-hybridized carbons (Fsp3) is 0.524. The zero-order valence-electron chi connectivity index (χ0n) is 15.6. The number of amides is 1. The fourth-order valence-corrected chi connectivity index (χ4v) is 3.90. The summed E-state index contributed by atoms with van der Waals surface area (Å²) in [5.41, 5.74) is -0.0442. The number of nitrogens with zero attached hydrogens (tertiary/aromatic N) is 1. The predicted octanol–water partition coefficient (Wildman–Crippen LogP) is 3.20. The molecular formula is C21H25FN2O3. The number of aliphatic hydroxyl groups is 1. The van der Waals surface area contributed by atoms with Crippen LogP contribution in [-0.2, 0) is 4.79 Å². The number of ether oxygens (including phenoxy) is 1. The molecule has 0 spiro atoms. The van der Waals surface area contributed by atoms with E-state index in [0.29, 0.717) is 29.5 Å². The van der Waals surface area contributed by atoms with Crippen LogP contribution in [0.1, 0.15) is 39.5 Å². The van der Waals surface area contributed by atoms with Gasteiger partial charge in [0.15, 0.2) is 0 Å². The van der Waals surface area contributed by atoms with E-state index >= 15 is 0 Å². The first kappa shape index (κ1) is 18.2. The molecule has 1 aromatic heterocycles. The Hall–Kier alpha value is -2.21. The van der Waals surface area contributed by atoms with Gasteiger partial charge in [-0.15, -0.1) is 0 Å². The van der Waals surface area contributed by atoms with E-state index in [1.54, 1.807) is 18.3 Å². The van der Waals surface area contributed by atoms with Gasteiger partial charge in [-0.25, -0.2) is 4.39 Å². The van der Waals surface area contributed by atoms with Gasteiger partial charge >= 0.3 is 0 Å². The molecule has 0 radical (unpaired) electrons. The van der Waals surface area contributed by atoms with Crippen molar-refractivity contribution in [2.75, 3.05) is 0 Å². The van der Waals surface area contributed by atoms with Gasteiger partial charge in [-0.1, -0.05) is 6.07 Å². The number of hydrogen-bond acceptors (Lipinski definition) is 4. The van der Waals surface area contributed by atoms with Gasteiger partial charge in [0.1, 0.15) is 23.2 Å². The molecular weight excluding hydrogens is 347 g/mol. The average Bonchev–Trinajstić information content (AvgIpc) is 2.51. The third-order valence-corrected chi connectivity index (χ3v) is 5.88. The Morgan fingerprint density at radius 3 is 2.74 bits per heavy atom. The molecule has 1 amide bonds. The van der Waals surface area contributed by atoms with Crippen LogP contribution in [-0.4, -0.2) is 33.7 Å². The van der Waals surface area contributed by atoms with Crippen LogP contribution in [0, 0.1) is 17.7 Å². The van der Waals surface area contributed by atoms with Gasteiger partial charge < -0.3 is 15.2 Å². The molecule has 2 aromatic rings. The van der Waals surface area contributed by atoms with Crippen molar-refractivity contribution in [1.82, 2.24) is 10.3 Å². The molecule has 0 saturated heterocycles. The van der Waals surface area contributed by atoms with Crippen molar-refractivity contribution in [3.8, 4) is 5.75 Å². The number of aromatic nitrogens is 1. The Kier molecular flexibility index (Phi) is 4.54. The molecule has 2 saturated carbocycles. The molecule has 2 fully saturated rings. The van der Waals surface area contributed by atoms with Crippen molar-refractivity contribution in [1.29, 1.82) is 0 Å². The molecule has 0 aliphatic heterocycles. The summed E-state index contributed by atoms with van der Waals surface area (Å²) in [7, 11) is 0. The minimum absolute atomic E-state index is 0.0521. The van der Waals surface area contributed by atoms with Gasteiger partial charge in [0.2, 0.25) is 5.91 Å². The van der Waals surface area contributed by atoms with Gasteiger partial charge in [-0.3, -0.25) is 9.78 Å². The van der Waals surface area contributed by atoms with E-state index in [0.717, 1.165) is 12.8 Å². The number of halogens is 1. The first-order valence-electron chi connectivity index (χ1n) is 9.53. The number of benzene rings is 1. The number of rotatable bonds is 5. The Balaban J connectivity index is 1.29. The first-order chi connectivity index (χ1) is 12.8. The highest BCUT2D eigenvalue weighted by molar-refractivity contribution is 5.84. The van der Waals surface area contributed by atoms with Crippen LogP contribution in [0.3, 0.4) is 0 Å². The lowest BCUT2D eigenvalue weighted by Crippen LogP contribution is -2.54. The molecule has 0 atom stereocenters. The van der Waals surface area contributed by atoms with Crippen molar-refractivity contribution < 1.29 is 19.0 Å². The molecule has 4 rings (SSSR count). The second-order valence-corrected chi connectivity index (χ2v) is 8.41. The minimum Gasteiger partial charge on any atom is -0.488 e. The molecule has 144 valence electrons. The summed E-state index contributed by atoms with van der Waals surface area (Å²) in [6, 6.07) is 6.51. The Morgan fingerprint density at radius 2 is 2.04 bits per heavy atom. The normalized spacial score (nSPS) is 27.6. The summed E-state index contributed by atoms with van der Waals surface area (Å²) in [5, 5.41) is 13.7. The van der Waals surface area contributed by atoms with Crippen molar-refractivity contribution in [3.63, 3.8) is 0 Å². The molecule has 1 heterocycles. The second-order valence-electron chi connectivity index (χ2n) is 8.41. The molecule has 0 unspecified atom stereocenters. The van der Waals surface area contributed by atoms with Crippen LogP contribution in [0.15, 0.2) is 30.5 Å². The highest BCUT2D eigenvalue weighted by Crippen LogP contribution is 2.38. The van der Waals surface area contributed by atoms with Crippen LogP contribution in [0.4, 0.5) is 4.39 Å². The minimum atomic E-state index is -0.682. The number of hydrogen-bond donors (Lipinski definition) is 2. The number of carbonyl (C=O) groups excluding carboxylic acids is 1. The van der Waals surface area contributed by atoms with E-state index in [4.69, 9.17) is 4.74 Å². The van der Waals surface area contributed by atoms with Crippen LogP contribution >= 0.6 is 0 Å². The summed E-state index contributed by atoms with van der Waals surface area (Å²) in [4.78, 5) is 16.6. The third kappa shape index (κ3) is 3.76. The van der Waals surface area contributed by atoms with Crippen molar-refractivity contribution in [3.05, 3.63) is 36.3 Å². The van der Waals surface area contributed by atoms with E-state index in [9.17, 15) is 14.3 Å². The third-order valence-electron chi connectivity index (χ3n) is 5.88. The largest absolute Gasteiger partial charge is 0.488 e. The maximum Gasteiger partial charge on any atom is 0.223 e. The summed E-state index contributed by atoms with van der Waals surface area (Å²) in [6.45, 7) is 3.63. The molecule has 6 heteroatoms. The van der Waals surface area contributed by atoms with Crippen LogP contribution in [0.2, 0.25) is 0 Å². The van der Waals surface area contributed by atoms with E-state index < -0.39 is 5.60 Å². The lowest BCUT2D eigenvalue weighted by atomic mass is 9.71. The molecule has 2 N–H and O–H groups in total. The van der Waals surface area contributed by atoms with Crippen molar-refractivity contribution >= 4 is 16.8 Å². The SMILES string of the molecule is CC(C)(O)[C@H]1C[C@H](NC(=O)[C@H]2C[C@H](Oc3cc(F)cc4cccnc34)C2)C1. The summed E-state index contributed by atoms with van der Waals surface area (Å²) < 4.78 is 19.7. The highest BCUT2D eigenvalue weighted by atomic mass is 19.1. The number of pyridine rings is 1. The van der Waals surface area contributed by atoms with E-state index in [1.165, 1.54) is 12.1 Å². The lowest BCUT2D eigenvalue weighted by molar-refractivity contribution is -0.133. The van der Waals surface area contributed by atoms with Crippen LogP contribution in [0.25, 0.3) is 10.9 Å². The van der Waals surface area contributed by atoms with Crippen molar-refractivity contribution in [2.24, 2.45) is 11.8 Å². The van der Waals surface area contributed by atoms with Crippen LogP contribution in [0.5, 0.6) is 5.75 Å². The monoisotopic (exact) mass is 372 g/mol. The molecule has 27 heavy (non-hydrogen) atoms. The van der Waals surface area contributed by atoms with Gasteiger partial charge in [0.25, 0.3) is 0 Å². The average molecular weight is 372 g/mol. The van der Waals surface area contributed by atoms with E-state index in [-0.39, 0.29) is 35.7 Å². The smallest absolute Gasteiger partial charge is 0.223 e. The van der Waals surface area contributed by atoms with Gasteiger partial charge in [0.05, 0.1) is 5.60 Å². The maximum absolute atomic E-state index is 13.8. The molecule has 1 aromatic carbocycles. The van der Waals surface area contributed by atoms with Gasteiger partial charge in [0, 0.05) is 29.6 Å². The maximum atomic E-state index is 13.8. The van der Waals surface area contributed by atoms with Crippen molar-refractivity contribution in [2.45, 2.75) is 57.3 Å². The highest BCUT2D eigenvalue weighted by Gasteiger charge is 2.42. The zero-order valence-corrected chi connectivity index (χ0v) is 15.6. The predicted molar refractivity (Wildman–Crippen MR) is 99.8 cm³/mol. The Labute approximate surface area is 157 Å². The number of fused-ring (bicyclic) bond motifs is 1. The van der Waals surface area contributed by atoms with Gasteiger partial charge in [-0.05, 0) is 57.6 Å². The fourth-order valence-electron chi connectivity index (χ4n) is 3.90. The summed E-state index contributed by atoms with van der Waals surface area (Å²) in [5.74, 6) is 0.307. The van der Waals surface area contributed by atoms with E-state index in [2.05, 4.69) is 10.3 Å². The molecule has 5 nitrogen and oxygen atoms in total. The zero-order chi connectivity index (χ0) is 19.2. The first-order valence-corrected chi connectivity index (χ1v) is 9.53. The van der Waals surface area contributed by atoms with E-state index in [1.807, 2.05) is 13.8 Å². The molecule has 2 aliphatic carbocycles. The molecule has 2 aliphatic rings. The number of carbonyl (C=O) groups is 1. The number of nitrogens with one attached hydrogen (secondary N) is 1. The second kappa shape index (κ2) is 6.75. The van der Waals surface area contributed by atoms with Gasteiger partial charge in [-0.2, -0.15) is 0 Å². The quantitative estimate of drug-likeness (QED) is 0.846. The topological polar surface area (TPSA) is 71.5 Å².